The first kappa shape index (κ1) is 9.47. The van der Waals surface area contributed by atoms with Crippen LogP contribution >= 0.6 is 0 Å². The summed E-state index contributed by atoms with van der Waals surface area (Å²) in [6.07, 6.45) is 8.10. The molecule has 1 unspecified atom stereocenters. The Bertz CT molecular complexity index is 158. The van der Waals surface area contributed by atoms with Gasteiger partial charge in [0.25, 0.3) is 0 Å². The molecule has 2 heteroatoms. The van der Waals surface area contributed by atoms with E-state index in [1.165, 1.54) is 38.5 Å². The Morgan fingerprint density at radius 2 is 2.00 bits per heavy atom. The number of ether oxygens (including phenoxy) is 1. The number of hydrogen-bond acceptors (Lipinski definition) is 2. The molecule has 0 aromatic heterocycles. The summed E-state index contributed by atoms with van der Waals surface area (Å²) in [4.78, 5) is 0. The Morgan fingerprint density at radius 1 is 1.23 bits per heavy atom. The standard InChI is InChI=1S/C11H21NO/c12-9-10-2-1-3-11(8-10)4-6-13-7-5-11/h10H,1-9,12H2. The second-order valence-corrected chi connectivity index (χ2v) is 4.81. The number of hydrogen-bond donors (Lipinski definition) is 1. The fourth-order valence-electron chi connectivity index (χ4n) is 3.04. The van der Waals surface area contributed by atoms with Gasteiger partial charge in [0.1, 0.15) is 0 Å². The maximum absolute atomic E-state index is 5.76. The van der Waals surface area contributed by atoms with Crippen molar-refractivity contribution in [2.24, 2.45) is 17.1 Å². The molecule has 76 valence electrons. The van der Waals surface area contributed by atoms with Gasteiger partial charge in [-0.2, -0.15) is 0 Å². The summed E-state index contributed by atoms with van der Waals surface area (Å²) in [5.74, 6) is 0.798. The minimum Gasteiger partial charge on any atom is -0.381 e. The van der Waals surface area contributed by atoms with Gasteiger partial charge in [-0.25, -0.2) is 0 Å². The molecular weight excluding hydrogens is 162 g/mol. The molecule has 1 atom stereocenters. The highest BCUT2D eigenvalue weighted by atomic mass is 16.5. The largest absolute Gasteiger partial charge is 0.381 e. The van der Waals surface area contributed by atoms with Gasteiger partial charge in [0.15, 0.2) is 0 Å². The monoisotopic (exact) mass is 183 g/mol. The summed E-state index contributed by atoms with van der Waals surface area (Å²) < 4.78 is 5.43. The van der Waals surface area contributed by atoms with Crippen molar-refractivity contribution in [1.82, 2.24) is 0 Å². The van der Waals surface area contributed by atoms with E-state index in [-0.39, 0.29) is 0 Å². The molecule has 1 aliphatic carbocycles. The summed E-state index contributed by atoms with van der Waals surface area (Å²) in [6.45, 7) is 2.86. The van der Waals surface area contributed by atoms with Gasteiger partial charge in [0.05, 0.1) is 0 Å². The molecule has 1 saturated carbocycles. The zero-order chi connectivity index (χ0) is 9.15. The highest BCUT2D eigenvalue weighted by Crippen LogP contribution is 2.45. The Labute approximate surface area is 80.8 Å². The van der Waals surface area contributed by atoms with Crippen LogP contribution in [-0.2, 0) is 4.74 Å². The van der Waals surface area contributed by atoms with Gasteiger partial charge in [-0.05, 0) is 50.0 Å². The Balaban J connectivity index is 1.95. The van der Waals surface area contributed by atoms with E-state index in [4.69, 9.17) is 10.5 Å². The molecule has 0 bridgehead atoms. The molecule has 2 N–H and O–H groups in total. The molecule has 2 aliphatic rings. The molecule has 0 amide bonds. The molecule has 1 aliphatic heterocycles. The highest BCUT2D eigenvalue weighted by molar-refractivity contribution is 4.88. The van der Waals surface area contributed by atoms with Crippen LogP contribution in [0.4, 0.5) is 0 Å². The van der Waals surface area contributed by atoms with E-state index >= 15 is 0 Å². The smallest absolute Gasteiger partial charge is 0.0471 e. The Kier molecular flexibility index (Phi) is 2.89. The second kappa shape index (κ2) is 3.97. The van der Waals surface area contributed by atoms with E-state index in [0.29, 0.717) is 5.41 Å². The third-order valence-electron chi connectivity index (χ3n) is 3.93. The van der Waals surface area contributed by atoms with Gasteiger partial charge < -0.3 is 10.5 Å². The molecule has 1 spiro atoms. The van der Waals surface area contributed by atoms with Crippen LogP contribution in [0.3, 0.4) is 0 Å². The van der Waals surface area contributed by atoms with Crippen molar-refractivity contribution in [3.05, 3.63) is 0 Å². The van der Waals surface area contributed by atoms with Crippen LogP contribution in [0.25, 0.3) is 0 Å². The van der Waals surface area contributed by atoms with E-state index in [0.717, 1.165) is 25.7 Å². The first-order chi connectivity index (χ1) is 6.35. The fraction of sp³-hybridized carbons (Fsp3) is 1.00. The maximum atomic E-state index is 5.76. The molecule has 0 aromatic rings. The average molecular weight is 183 g/mol. The topological polar surface area (TPSA) is 35.2 Å². The summed E-state index contributed by atoms with van der Waals surface area (Å²) >= 11 is 0. The minimum atomic E-state index is 0.626. The maximum Gasteiger partial charge on any atom is 0.0471 e. The predicted molar refractivity (Wildman–Crippen MR) is 53.5 cm³/mol. The fourth-order valence-corrected chi connectivity index (χ4v) is 3.04. The van der Waals surface area contributed by atoms with Crippen molar-refractivity contribution >= 4 is 0 Å². The van der Waals surface area contributed by atoms with Crippen LogP contribution in [0, 0.1) is 11.3 Å². The molecular formula is C11H21NO. The van der Waals surface area contributed by atoms with Crippen LogP contribution in [0.15, 0.2) is 0 Å². The first-order valence-corrected chi connectivity index (χ1v) is 5.62. The van der Waals surface area contributed by atoms with Gasteiger partial charge in [-0.15, -0.1) is 0 Å². The Morgan fingerprint density at radius 3 is 2.69 bits per heavy atom. The van der Waals surface area contributed by atoms with Crippen molar-refractivity contribution in [3.8, 4) is 0 Å². The van der Waals surface area contributed by atoms with E-state index in [1.54, 1.807) is 0 Å². The SMILES string of the molecule is NCC1CCCC2(CCOCC2)C1. The summed E-state index contributed by atoms with van der Waals surface area (Å²) in [7, 11) is 0. The molecule has 2 fully saturated rings. The Hall–Kier alpha value is -0.0800. The van der Waals surface area contributed by atoms with E-state index in [9.17, 15) is 0 Å². The molecule has 2 rings (SSSR count). The summed E-state index contributed by atoms with van der Waals surface area (Å²) in [5, 5.41) is 0. The quantitative estimate of drug-likeness (QED) is 0.674. The van der Waals surface area contributed by atoms with Gasteiger partial charge >= 0.3 is 0 Å². The third kappa shape index (κ3) is 2.05. The van der Waals surface area contributed by atoms with Crippen molar-refractivity contribution in [2.75, 3.05) is 19.8 Å². The number of nitrogens with two attached hydrogens (primary N) is 1. The van der Waals surface area contributed by atoms with Crippen LogP contribution in [0.2, 0.25) is 0 Å². The average Bonchev–Trinajstić information content (AvgIpc) is 2.19. The van der Waals surface area contributed by atoms with Crippen molar-refractivity contribution < 1.29 is 4.74 Å². The third-order valence-corrected chi connectivity index (χ3v) is 3.93. The lowest BCUT2D eigenvalue weighted by Gasteiger charge is -2.43. The lowest BCUT2D eigenvalue weighted by Crippen LogP contribution is -2.36. The second-order valence-electron chi connectivity index (χ2n) is 4.81. The van der Waals surface area contributed by atoms with E-state index in [2.05, 4.69) is 0 Å². The molecule has 1 saturated heterocycles. The highest BCUT2D eigenvalue weighted by Gasteiger charge is 2.36. The van der Waals surface area contributed by atoms with Crippen LogP contribution in [0.5, 0.6) is 0 Å². The first-order valence-electron chi connectivity index (χ1n) is 5.62. The van der Waals surface area contributed by atoms with Crippen molar-refractivity contribution in [2.45, 2.75) is 38.5 Å². The van der Waals surface area contributed by atoms with Crippen LogP contribution in [-0.4, -0.2) is 19.8 Å². The van der Waals surface area contributed by atoms with E-state index in [1.807, 2.05) is 0 Å². The van der Waals surface area contributed by atoms with Gasteiger partial charge in [0.2, 0.25) is 0 Å². The molecule has 0 radical (unpaired) electrons. The molecule has 1 heterocycles. The zero-order valence-corrected chi connectivity index (χ0v) is 8.43. The molecule has 13 heavy (non-hydrogen) atoms. The lowest BCUT2D eigenvalue weighted by molar-refractivity contribution is -0.0161. The van der Waals surface area contributed by atoms with Crippen LogP contribution in [0.1, 0.15) is 38.5 Å². The molecule has 2 nitrogen and oxygen atoms in total. The van der Waals surface area contributed by atoms with Gasteiger partial charge in [-0.3, -0.25) is 0 Å². The zero-order valence-electron chi connectivity index (χ0n) is 8.43. The number of rotatable bonds is 1. The van der Waals surface area contributed by atoms with Crippen LogP contribution < -0.4 is 5.73 Å². The minimum absolute atomic E-state index is 0.626. The predicted octanol–water partition coefficient (Wildman–Crippen LogP) is 1.93. The summed E-state index contributed by atoms with van der Waals surface area (Å²) in [6, 6.07) is 0. The van der Waals surface area contributed by atoms with Crippen molar-refractivity contribution in [1.29, 1.82) is 0 Å². The van der Waals surface area contributed by atoms with E-state index < -0.39 is 0 Å². The van der Waals surface area contributed by atoms with Gasteiger partial charge in [-0.1, -0.05) is 6.42 Å². The summed E-state index contributed by atoms with van der Waals surface area (Å²) in [5.41, 5.74) is 6.39. The lowest BCUT2D eigenvalue weighted by atomic mass is 9.65. The molecule has 0 aromatic carbocycles. The van der Waals surface area contributed by atoms with Gasteiger partial charge in [0, 0.05) is 13.2 Å². The normalized spacial score (nSPS) is 33.5. The van der Waals surface area contributed by atoms with Crippen molar-refractivity contribution in [3.63, 3.8) is 0 Å².